The molecule has 0 saturated carbocycles. The smallest absolute Gasteiger partial charge is 0.399 e. The van der Waals surface area contributed by atoms with Crippen molar-refractivity contribution in [1.29, 1.82) is 0 Å². The highest BCUT2D eigenvalue weighted by Crippen LogP contribution is 2.37. The van der Waals surface area contributed by atoms with Crippen molar-refractivity contribution >= 4 is 34.1 Å². The van der Waals surface area contributed by atoms with Crippen molar-refractivity contribution in [1.82, 2.24) is 0 Å². The van der Waals surface area contributed by atoms with E-state index in [1.807, 2.05) is 0 Å². The highest BCUT2D eigenvalue weighted by Gasteiger charge is 2.51. The molecule has 6 rings (SSSR count). The Morgan fingerprint density at radius 1 is 0.514 bits per heavy atom. The van der Waals surface area contributed by atoms with E-state index in [0.29, 0.717) is 0 Å². The van der Waals surface area contributed by atoms with Gasteiger partial charge in [-0.2, -0.15) is 0 Å². The molecule has 0 aromatic heterocycles. The first-order valence-corrected chi connectivity index (χ1v) is 12.3. The summed E-state index contributed by atoms with van der Waals surface area (Å²) in [5, 5.41) is 5.00. The molecule has 172 valence electrons. The van der Waals surface area contributed by atoms with Crippen LogP contribution >= 0.6 is 0 Å². The Morgan fingerprint density at radius 2 is 1.14 bits per heavy atom. The molecule has 0 bridgehead atoms. The maximum Gasteiger partial charge on any atom is 0.494 e. The maximum atomic E-state index is 6.30. The predicted molar refractivity (Wildman–Crippen MR) is 148 cm³/mol. The number of hydrogen-bond acceptors (Lipinski definition) is 2. The van der Waals surface area contributed by atoms with E-state index in [1.165, 1.54) is 43.8 Å². The van der Waals surface area contributed by atoms with E-state index >= 15 is 0 Å². The zero-order valence-electron chi connectivity index (χ0n) is 20.7. The van der Waals surface area contributed by atoms with Crippen LogP contribution < -0.4 is 5.46 Å². The largest absolute Gasteiger partial charge is 0.494 e. The topological polar surface area (TPSA) is 18.5 Å². The molecule has 0 unspecified atom stereocenters. The molecule has 1 fully saturated rings. The molecule has 0 spiro atoms. The van der Waals surface area contributed by atoms with E-state index in [1.54, 1.807) is 0 Å². The predicted octanol–water partition coefficient (Wildman–Crippen LogP) is 7.63. The normalized spacial score (nSPS) is 16.7. The first-order valence-electron chi connectivity index (χ1n) is 12.3. The summed E-state index contributed by atoms with van der Waals surface area (Å²) in [5.41, 5.74) is 5.18. The SMILES string of the molecule is CC1(C)OB(c2cccc(-c3cccc4cc(-c5ccc6ccccc6c5)ccc34)c2)OC1(C)C. The van der Waals surface area contributed by atoms with Gasteiger partial charge in [-0.25, -0.2) is 0 Å². The van der Waals surface area contributed by atoms with E-state index in [0.717, 1.165) is 5.46 Å². The molecule has 0 amide bonds. The monoisotopic (exact) mass is 456 g/mol. The molecule has 3 heteroatoms. The van der Waals surface area contributed by atoms with E-state index in [9.17, 15) is 0 Å². The van der Waals surface area contributed by atoms with Crippen LogP contribution in [0, 0.1) is 0 Å². The summed E-state index contributed by atoms with van der Waals surface area (Å²) < 4.78 is 12.6. The lowest BCUT2D eigenvalue weighted by Gasteiger charge is -2.32. The van der Waals surface area contributed by atoms with Crippen molar-refractivity contribution in [3.8, 4) is 22.3 Å². The molecular formula is C32H29BO2. The molecule has 1 saturated heterocycles. The molecule has 0 radical (unpaired) electrons. The van der Waals surface area contributed by atoms with Crippen LogP contribution in [-0.2, 0) is 9.31 Å². The molecule has 0 atom stereocenters. The Hall–Kier alpha value is -3.40. The van der Waals surface area contributed by atoms with Crippen LogP contribution in [0.4, 0.5) is 0 Å². The van der Waals surface area contributed by atoms with Crippen LogP contribution in [0.2, 0.25) is 0 Å². The molecule has 1 aliphatic rings. The summed E-state index contributed by atoms with van der Waals surface area (Å²) in [5.74, 6) is 0. The minimum absolute atomic E-state index is 0.355. The van der Waals surface area contributed by atoms with Gasteiger partial charge in [0.05, 0.1) is 11.2 Å². The molecule has 5 aromatic carbocycles. The third-order valence-corrected chi connectivity index (χ3v) is 7.69. The fourth-order valence-corrected chi connectivity index (χ4v) is 4.92. The summed E-state index contributed by atoms with van der Waals surface area (Å²) in [4.78, 5) is 0. The third kappa shape index (κ3) is 3.85. The summed E-state index contributed by atoms with van der Waals surface area (Å²) in [7, 11) is -0.366. The number of hydrogen-bond donors (Lipinski definition) is 0. The minimum Gasteiger partial charge on any atom is -0.399 e. The molecular weight excluding hydrogens is 427 g/mol. The first kappa shape index (κ1) is 22.1. The first-order chi connectivity index (χ1) is 16.8. The molecule has 1 heterocycles. The van der Waals surface area contributed by atoms with Crippen LogP contribution in [0.15, 0.2) is 103 Å². The van der Waals surface area contributed by atoms with Crippen LogP contribution in [-0.4, -0.2) is 18.3 Å². The van der Waals surface area contributed by atoms with Crippen molar-refractivity contribution < 1.29 is 9.31 Å². The zero-order valence-corrected chi connectivity index (χ0v) is 20.7. The van der Waals surface area contributed by atoms with Gasteiger partial charge >= 0.3 is 7.12 Å². The second-order valence-electron chi connectivity index (χ2n) is 10.5. The van der Waals surface area contributed by atoms with Crippen molar-refractivity contribution in [3.05, 3.63) is 103 Å². The highest BCUT2D eigenvalue weighted by atomic mass is 16.7. The standard InChI is InChI=1S/C32H29BO2/c1-31(2)32(3,4)35-33(34-31)28-13-7-11-27(21-28)29-14-8-12-26-20-25(17-18-30(26)29)24-16-15-22-9-5-6-10-23(22)19-24/h5-21H,1-4H3. The second-order valence-corrected chi connectivity index (χ2v) is 10.5. The van der Waals surface area contributed by atoms with Gasteiger partial charge in [0.1, 0.15) is 0 Å². The van der Waals surface area contributed by atoms with Crippen molar-refractivity contribution in [3.63, 3.8) is 0 Å². The van der Waals surface area contributed by atoms with Gasteiger partial charge < -0.3 is 9.31 Å². The van der Waals surface area contributed by atoms with Crippen molar-refractivity contribution in [2.24, 2.45) is 0 Å². The van der Waals surface area contributed by atoms with Crippen LogP contribution in [0.25, 0.3) is 43.8 Å². The highest BCUT2D eigenvalue weighted by molar-refractivity contribution is 6.62. The summed E-state index contributed by atoms with van der Waals surface area (Å²) in [6.07, 6.45) is 0. The lowest BCUT2D eigenvalue weighted by Crippen LogP contribution is -2.41. The van der Waals surface area contributed by atoms with Gasteiger partial charge in [0.25, 0.3) is 0 Å². The Morgan fingerprint density at radius 3 is 1.91 bits per heavy atom. The molecule has 5 aromatic rings. The minimum atomic E-state index is -0.366. The van der Waals surface area contributed by atoms with Crippen molar-refractivity contribution in [2.45, 2.75) is 38.9 Å². The number of rotatable bonds is 3. The van der Waals surface area contributed by atoms with E-state index in [2.05, 4.69) is 131 Å². The maximum absolute atomic E-state index is 6.30. The average molecular weight is 456 g/mol. The third-order valence-electron chi connectivity index (χ3n) is 7.69. The van der Waals surface area contributed by atoms with Gasteiger partial charge in [-0.3, -0.25) is 0 Å². The van der Waals surface area contributed by atoms with E-state index < -0.39 is 0 Å². The Bertz CT molecular complexity index is 1550. The lowest BCUT2D eigenvalue weighted by molar-refractivity contribution is 0.00578. The van der Waals surface area contributed by atoms with Gasteiger partial charge in [0.15, 0.2) is 0 Å². The van der Waals surface area contributed by atoms with Gasteiger partial charge in [0, 0.05) is 0 Å². The van der Waals surface area contributed by atoms with Crippen LogP contribution in [0.1, 0.15) is 27.7 Å². The average Bonchev–Trinajstić information content (AvgIpc) is 3.09. The lowest BCUT2D eigenvalue weighted by atomic mass is 9.77. The number of benzene rings is 5. The summed E-state index contributed by atoms with van der Waals surface area (Å²) in [6, 6.07) is 37.0. The second kappa shape index (κ2) is 8.08. The molecule has 0 N–H and O–H groups in total. The van der Waals surface area contributed by atoms with E-state index in [4.69, 9.17) is 9.31 Å². The number of fused-ring (bicyclic) bond motifs is 2. The Labute approximate surface area is 207 Å². The van der Waals surface area contributed by atoms with Gasteiger partial charge in [-0.1, -0.05) is 91.0 Å². The van der Waals surface area contributed by atoms with Gasteiger partial charge in [0.2, 0.25) is 0 Å². The van der Waals surface area contributed by atoms with Crippen LogP contribution in [0.5, 0.6) is 0 Å². The van der Waals surface area contributed by atoms with Crippen LogP contribution in [0.3, 0.4) is 0 Å². The molecule has 35 heavy (non-hydrogen) atoms. The Balaban J connectivity index is 1.38. The van der Waals surface area contributed by atoms with E-state index in [-0.39, 0.29) is 18.3 Å². The van der Waals surface area contributed by atoms with Gasteiger partial charge in [-0.15, -0.1) is 0 Å². The molecule has 2 nitrogen and oxygen atoms in total. The summed E-state index contributed by atoms with van der Waals surface area (Å²) >= 11 is 0. The van der Waals surface area contributed by atoms with Gasteiger partial charge in [-0.05, 0) is 89.1 Å². The Kier molecular flexibility index (Phi) is 5.10. The molecule has 1 aliphatic heterocycles. The molecule has 0 aliphatic carbocycles. The summed E-state index contributed by atoms with van der Waals surface area (Å²) in [6.45, 7) is 8.37. The zero-order chi connectivity index (χ0) is 24.2. The fourth-order valence-electron chi connectivity index (χ4n) is 4.92. The fraction of sp³-hybridized carbons (Fsp3) is 0.188. The quantitative estimate of drug-likeness (QED) is 0.260. The van der Waals surface area contributed by atoms with Crippen molar-refractivity contribution in [2.75, 3.05) is 0 Å².